The zero-order valence-electron chi connectivity index (χ0n) is 12.0. The zero-order chi connectivity index (χ0) is 14.3. The SMILES string of the molecule is Nc1ccc2nc(SCC3CCC4(CCCC4)O3)oc2c1. The van der Waals surface area contributed by atoms with E-state index in [1.54, 1.807) is 11.8 Å². The minimum Gasteiger partial charge on any atom is -0.431 e. The Morgan fingerprint density at radius 3 is 3.00 bits per heavy atom. The zero-order valence-corrected chi connectivity index (χ0v) is 12.8. The Balaban J connectivity index is 1.39. The summed E-state index contributed by atoms with van der Waals surface area (Å²) >= 11 is 1.65. The van der Waals surface area contributed by atoms with Gasteiger partial charge >= 0.3 is 0 Å². The van der Waals surface area contributed by atoms with Crippen molar-refractivity contribution in [3.8, 4) is 0 Å². The first-order valence-electron chi connectivity index (χ1n) is 7.69. The highest BCUT2D eigenvalue weighted by molar-refractivity contribution is 7.99. The first kappa shape index (κ1) is 13.5. The van der Waals surface area contributed by atoms with Gasteiger partial charge in [-0.25, -0.2) is 4.98 Å². The van der Waals surface area contributed by atoms with Gasteiger partial charge in [-0.1, -0.05) is 24.6 Å². The van der Waals surface area contributed by atoms with Crippen LogP contribution in [0.5, 0.6) is 0 Å². The minimum absolute atomic E-state index is 0.209. The molecule has 112 valence electrons. The second-order valence-corrected chi connectivity index (χ2v) is 7.16. The summed E-state index contributed by atoms with van der Waals surface area (Å²) in [7, 11) is 0. The van der Waals surface area contributed by atoms with Gasteiger partial charge in [-0.3, -0.25) is 0 Å². The first-order valence-corrected chi connectivity index (χ1v) is 8.68. The number of thioether (sulfide) groups is 1. The predicted molar refractivity (Wildman–Crippen MR) is 84.5 cm³/mol. The van der Waals surface area contributed by atoms with Gasteiger partial charge in [0.15, 0.2) is 5.58 Å². The molecular weight excluding hydrogens is 284 g/mol. The summed E-state index contributed by atoms with van der Waals surface area (Å²) in [5.41, 5.74) is 8.30. The highest BCUT2D eigenvalue weighted by Gasteiger charge is 2.42. The lowest BCUT2D eigenvalue weighted by Gasteiger charge is -2.23. The standard InChI is InChI=1S/C16H20N2O2S/c17-11-3-4-13-14(9-11)19-15(18-13)21-10-12-5-8-16(20-12)6-1-2-7-16/h3-4,9,12H,1-2,5-8,10,17H2. The van der Waals surface area contributed by atoms with Crippen molar-refractivity contribution in [2.24, 2.45) is 0 Å². The van der Waals surface area contributed by atoms with E-state index < -0.39 is 0 Å². The van der Waals surface area contributed by atoms with Gasteiger partial charge in [-0.05, 0) is 37.8 Å². The topological polar surface area (TPSA) is 61.3 Å². The Kier molecular flexibility index (Phi) is 3.34. The Hall–Kier alpha value is -1.20. The van der Waals surface area contributed by atoms with Gasteiger partial charge in [0.25, 0.3) is 5.22 Å². The maximum absolute atomic E-state index is 6.31. The fourth-order valence-electron chi connectivity index (χ4n) is 3.55. The molecule has 2 aliphatic rings. The van der Waals surface area contributed by atoms with Gasteiger partial charge < -0.3 is 14.9 Å². The Labute approximate surface area is 128 Å². The van der Waals surface area contributed by atoms with Crippen LogP contribution in [0.3, 0.4) is 0 Å². The van der Waals surface area contributed by atoms with Crippen LogP contribution >= 0.6 is 11.8 Å². The third kappa shape index (κ3) is 2.64. The van der Waals surface area contributed by atoms with Crippen LogP contribution in [0.2, 0.25) is 0 Å². The van der Waals surface area contributed by atoms with E-state index >= 15 is 0 Å². The highest BCUT2D eigenvalue weighted by atomic mass is 32.2. The number of aromatic nitrogens is 1. The van der Waals surface area contributed by atoms with Crippen molar-refractivity contribution < 1.29 is 9.15 Å². The van der Waals surface area contributed by atoms with Crippen LogP contribution in [0.4, 0.5) is 5.69 Å². The molecule has 0 amide bonds. The molecule has 1 aliphatic carbocycles. The van der Waals surface area contributed by atoms with E-state index in [-0.39, 0.29) is 5.60 Å². The fraction of sp³-hybridized carbons (Fsp3) is 0.562. The molecule has 4 nitrogen and oxygen atoms in total. The van der Waals surface area contributed by atoms with Crippen LogP contribution in [-0.2, 0) is 4.74 Å². The first-order chi connectivity index (χ1) is 10.2. The average Bonchev–Trinajstić information content (AvgIpc) is 3.18. The number of benzene rings is 1. The van der Waals surface area contributed by atoms with E-state index in [0.717, 1.165) is 16.9 Å². The molecule has 1 unspecified atom stereocenters. The normalized spacial score (nSPS) is 24.3. The largest absolute Gasteiger partial charge is 0.431 e. The van der Waals surface area contributed by atoms with Crippen LogP contribution in [0.1, 0.15) is 38.5 Å². The second-order valence-electron chi connectivity index (χ2n) is 6.19. The summed E-state index contributed by atoms with van der Waals surface area (Å²) in [5.74, 6) is 0.921. The van der Waals surface area contributed by atoms with E-state index in [0.29, 0.717) is 17.0 Å². The van der Waals surface area contributed by atoms with Crippen molar-refractivity contribution in [3.05, 3.63) is 18.2 Å². The van der Waals surface area contributed by atoms with E-state index in [1.165, 1.54) is 38.5 Å². The lowest BCUT2D eigenvalue weighted by atomic mass is 9.98. The average molecular weight is 304 g/mol. The number of nitrogens with zero attached hydrogens (tertiary/aromatic N) is 1. The molecule has 5 heteroatoms. The third-order valence-corrected chi connectivity index (χ3v) is 5.60. The maximum atomic E-state index is 6.31. The van der Waals surface area contributed by atoms with E-state index in [9.17, 15) is 0 Å². The molecule has 0 bridgehead atoms. The van der Waals surface area contributed by atoms with E-state index in [2.05, 4.69) is 4.98 Å². The van der Waals surface area contributed by atoms with Crippen molar-refractivity contribution in [3.63, 3.8) is 0 Å². The molecule has 1 aliphatic heterocycles. The molecule has 1 aromatic heterocycles. The Bertz CT molecular complexity index is 649. The molecule has 1 spiro atoms. The van der Waals surface area contributed by atoms with Crippen LogP contribution in [0.25, 0.3) is 11.1 Å². The summed E-state index contributed by atoms with van der Waals surface area (Å²) in [6, 6.07) is 5.58. The van der Waals surface area contributed by atoms with Crippen molar-refractivity contribution in [2.45, 2.75) is 55.5 Å². The molecule has 2 fully saturated rings. The molecule has 2 aromatic rings. The van der Waals surface area contributed by atoms with Crippen LogP contribution in [0.15, 0.2) is 27.8 Å². The third-order valence-electron chi connectivity index (χ3n) is 4.64. The van der Waals surface area contributed by atoms with Crippen molar-refractivity contribution in [2.75, 3.05) is 11.5 Å². The molecule has 21 heavy (non-hydrogen) atoms. The van der Waals surface area contributed by atoms with Gasteiger partial charge in [0.1, 0.15) is 5.52 Å². The number of rotatable bonds is 3. The van der Waals surface area contributed by atoms with Gasteiger partial charge in [-0.15, -0.1) is 0 Å². The maximum Gasteiger partial charge on any atom is 0.256 e. The number of nitrogen functional groups attached to an aromatic ring is 1. The van der Waals surface area contributed by atoms with Gasteiger partial charge in [-0.2, -0.15) is 0 Å². The van der Waals surface area contributed by atoms with Crippen molar-refractivity contribution in [1.29, 1.82) is 0 Å². The van der Waals surface area contributed by atoms with Gasteiger partial charge in [0.05, 0.1) is 11.7 Å². The number of nitrogens with two attached hydrogens (primary N) is 1. The van der Waals surface area contributed by atoms with Gasteiger partial charge in [0.2, 0.25) is 0 Å². The molecule has 1 atom stereocenters. The smallest absolute Gasteiger partial charge is 0.256 e. The van der Waals surface area contributed by atoms with Crippen LogP contribution < -0.4 is 5.73 Å². The summed E-state index contributed by atoms with van der Waals surface area (Å²) in [6.07, 6.45) is 7.88. The molecule has 2 N–H and O–H groups in total. The Morgan fingerprint density at radius 1 is 1.29 bits per heavy atom. The molecule has 2 heterocycles. The fourth-order valence-corrected chi connectivity index (χ4v) is 4.42. The second kappa shape index (κ2) is 5.21. The molecule has 0 radical (unpaired) electrons. The number of anilines is 1. The lowest BCUT2D eigenvalue weighted by molar-refractivity contribution is -0.0268. The molecular formula is C16H20N2O2S. The number of oxazole rings is 1. The van der Waals surface area contributed by atoms with Crippen molar-refractivity contribution >= 4 is 28.5 Å². The number of fused-ring (bicyclic) bond motifs is 1. The van der Waals surface area contributed by atoms with Crippen molar-refractivity contribution in [1.82, 2.24) is 4.98 Å². The van der Waals surface area contributed by atoms with Crippen LogP contribution in [-0.4, -0.2) is 22.4 Å². The monoisotopic (exact) mass is 304 g/mol. The lowest BCUT2D eigenvalue weighted by Crippen LogP contribution is -2.25. The molecule has 1 saturated carbocycles. The molecule has 1 aromatic carbocycles. The predicted octanol–water partition coefficient (Wildman–Crippen LogP) is 3.99. The number of ether oxygens (including phenoxy) is 1. The number of hydrogen-bond acceptors (Lipinski definition) is 5. The van der Waals surface area contributed by atoms with E-state index in [1.807, 2.05) is 18.2 Å². The summed E-state index contributed by atoms with van der Waals surface area (Å²) in [6.45, 7) is 0. The quantitative estimate of drug-likeness (QED) is 0.686. The molecule has 1 saturated heterocycles. The molecule has 4 rings (SSSR count). The number of hydrogen-bond donors (Lipinski definition) is 1. The van der Waals surface area contributed by atoms with E-state index in [4.69, 9.17) is 14.9 Å². The summed E-state index contributed by atoms with van der Waals surface area (Å²) in [4.78, 5) is 4.49. The summed E-state index contributed by atoms with van der Waals surface area (Å²) < 4.78 is 12.1. The Morgan fingerprint density at radius 2 is 2.14 bits per heavy atom. The van der Waals surface area contributed by atoms with Gasteiger partial charge in [0, 0.05) is 17.5 Å². The summed E-state index contributed by atoms with van der Waals surface area (Å²) in [5, 5.41) is 0.714. The highest BCUT2D eigenvalue weighted by Crippen LogP contribution is 2.44. The minimum atomic E-state index is 0.209. The van der Waals surface area contributed by atoms with Crippen LogP contribution in [0, 0.1) is 0 Å².